The van der Waals surface area contributed by atoms with Crippen molar-refractivity contribution in [2.75, 3.05) is 13.2 Å². The summed E-state index contributed by atoms with van der Waals surface area (Å²) in [4.78, 5) is 12.5. The summed E-state index contributed by atoms with van der Waals surface area (Å²) in [6, 6.07) is 7.64. The number of ether oxygens (including phenoxy) is 1. The zero-order valence-electron chi connectivity index (χ0n) is 13.1. The molecule has 1 aromatic carbocycles. The van der Waals surface area contributed by atoms with E-state index >= 15 is 0 Å². The Morgan fingerprint density at radius 1 is 1.43 bits per heavy atom. The topological polar surface area (TPSA) is 58.6 Å². The Kier molecular flexibility index (Phi) is 5.01. The molecule has 2 N–H and O–H groups in total. The molecule has 1 amide bonds. The number of nitrogens with one attached hydrogen (secondary N) is 1. The molecule has 1 aromatic rings. The van der Waals surface area contributed by atoms with E-state index in [-0.39, 0.29) is 24.0 Å². The summed E-state index contributed by atoms with van der Waals surface area (Å²) in [7, 11) is 0. The number of benzene rings is 1. The number of carbonyl (C=O) groups is 1. The summed E-state index contributed by atoms with van der Waals surface area (Å²) >= 11 is 0. The van der Waals surface area contributed by atoms with Gasteiger partial charge in [-0.05, 0) is 29.4 Å². The first kappa shape index (κ1) is 16.0. The van der Waals surface area contributed by atoms with Gasteiger partial charge < -0.3 is 15.2 Å². The highest BCUT2D eigenvalue weighted by Gasteiger charge is 2.29. The Hall–Kier alpha value is -1.39. The lowest BCUT2D eigenvalue weighted by atomic mass is 9.88. The predicted octanol–water partition coefficient (Wildman–Crippen LogP) is 2.21. The molecule has 0 radical (unpaired) electrons. The van der Waals surface area contributed by atoms with Crippen molar-refractivity contribution in [3.8, 4) is 0 Å². The van der Waals surface area contributed by atoms with Crippen LogP contribution in [0.1, 0.15) is 44.4 Å². The fourth-order valence-corrected chi connectivity index (χ4v) is 2.79. The highest BCUT2D eigenvalue weighted by molar-refractivity contribution is 5.83. The second-order valence-electron chi connectivity index (χ2n) is 6.85. The van der Waals surface area contributed by atoms with Crippen molar-refractivity contribution in [1.29, 1.82) is 0 Å². The molecule has 116 valence electrons. The molecule has 2 rings (SSSR count). The first-order valence-corrected chi connectivity index (χ1v) is 7.51. The number of aliphatic hydroxyl groups excluding tert-OH is 1. The number of carbonyl (C=O) groups excluding carboxylic acids is 1. The number of hydrogen-bond donors (Lipinski definition) is 2. The minimum absolute atomic E-state index is 0.0476. The molecule has 4 nitrogen and oxygen atoms in total. The fourth-order valence-electron chi connectivity index (χ4n) is 2.79. The van der Waals surface area contributed by atoms with Gasteiger partial charge in [-0.3, -0.25) is 4.79 Å². The first-order valence-electron chi connectivity index (χ1n) is 7.51. The number of aliphatic hydroxyl groups is 1. The van der Waals surface area contributed by atoms with Crippen molar-refractivity contribution in [1.82, 2.24) is 5.32 Å². The first-order chi connectivity index (χ1) is 9.90. The molecular formula is C17H25NO3. The van der Waals surface area contributed by atoms with E-state index in [4.69, 9.17) is 4.74 Å². The quantitative estimate of drug-likeness (QED) is 0.894. The monoisotopic (exact) mass is 291 g/mol. The third kappa shape index (κ3) is 4.29. The number of amides is 1. The van der Waals surface area contributed by atoms with Gasteiger partial charge in [0.05, 0.1) is 19.3 Å². The van der Waals surface area contributed by atoms with Gasteiger partial charge in [0.15, 0.2) is 6.10 Å². The second kappa shape index (κ2) is 6.58. The van der Waals surface area contributed by atoms with Gasteiger partial charge in [-0.2, -0.15) is 0 Å². The molecule has 0 aliphatic carbocycles. The molecule has 21 heavy (non-hydrogen) atoms. The van der Waals surface area contributed by atoms with Crippen LogP contribution in [0.4, 0.5) is 0 Å². The van der Waals surface area contributed by atoms with Crippen molar-refractivity contribution in [3.05, 3.63) is 35.4 Å². The van der Waals surface area contributed by atoms with E-state index in [2.05, 4.69) is 26.1 Å². The molecule has 0 saturated carbocycles. The SMILES string of the molecule is CC(C)(C)CC(CO)NC(=O)C1OCCc2ccccc21. The number of fused-ring (bicyclic) bond motifs is 1. The van der Waals surface area contributed by atoms with Crippen molar-refractivity contribution < 1.29 is 14.6 Å². The summed E-state index contributed by atoms with van der Waals surface area (Å²) < 4.78 is 5.65. The largest absolute Gasteiger partial charge is 0.394 e. The van der Waals surface area contributed by atoms with E-state index in [0.29, 0.717) is 6.61 Å². The van der Waals surface area contributed by atoms with Crippen LogP contribution in [0.2, 0.25) is 0 Å². The van der Waals surface area contributed by atoms with E-state index in [1.165, 1.54) is 5.56 Å². The van der Waals surface area contributed by atoms with E-state index in [1.807, 2.05) is 24.3 Å². The lowest BCUT2D eigenvalue weighted by molar-refractivity contribution is -0.135. The average molecular weight is 291 g/mol. The van der Waals surface area contributed by atoms with Crippen LogP contribution in [0.5, 0.6) is 0 Å². The molecule has 2 unspecified atom stereocenters. The molecule has 4 heteroatoms. The van der Waals surface area contributed by atoms with Crippen molar-refractivity contribution in [2.45, 2.75) is 45.8 Å². The lowest BCUT2D eigenvalue weighted by Gasteiger charge is -2.29. The standard InChI is InChI=1S/C17H25NO3/c1-17(2,3)10-13(11-19)18-16(20)15-14-7-5-4-6-12(14)8-9-21-15/h4-7,13,15,19H,8-11H2,1-3H3,(H,18,20). The molecule has 1 heterocycles. The highest BCUT2D eigenvalue weighted by atomic mass is 16.5. The smallest absolute Gasteiger partial charge is 0.254 e. The van der Waals surface area contributed by atoms with Gasteiger partial charge in [0, 0.05) is 0 Å². The minimum Gasteiger partial charge on any atom is -0.394 e. The van der Waals surface area contributed by atoms with Crippen molar-refractivity contribution in [3.63, 3.8) is 0 Å². The third-order valence-electron chi connectivity index (χ3n) is 3.66. The molecule has 0 saturated heterocycles. The van der Waals surface area contributed by atoms with E-state index in [9.17, 15) is 9.90 Å². The Morgan fingerprint density at radius 2 is 2.14 bits per heavy atom. The summed E-state index contributed by atoms with van der Waals surface area (Å²) in [5.74, 6) is -0.162. The second-order valence-corrected chi connectivity index (χ2v) is 6.85. The van der Waals surface area contributed by atoms with Crippen LogP contribution in [0.3, 0.4) is 0 Å². The molecule has 2 atom stereocenters. The van der Waals surface area contributed by atoms with Gasteiger partial charge in [-0.1, -0.05) is 45.0 Å². The van der Waals surface area contributed by atoms with E-state index < -0.39 is 6.10 Å². The average Bonchev–Trinajstić information content (AvgIpc) is 2.44. The van der Waals surface area contributed by atoms with Crippen LogP contribution in [0.15, 0.2) is 24.3 Å². The highest BCUT2D eigenvalue weighted by Crippen LogP contribution is 2.27. The van der Waals surface area contributed by atoms with Gasteiger partial charge in [0.25, 0.3) is 5.91 Å². The van der Waals surface area contributed by atoms with Gasteiger partial charge >= 0.3 is 0 Å². The Bertz CT molecular complexity index is 493. The van der Waals surface area contributed by atoms with Crippen LogP contribution in [0.25, 0.3) is 0 Å². The molecule has 0 bridgehead atoms. The van der Waals surface area contributed by atoms with E-state index in [0.717, 1.165) is 18.4 Å². The molecular weight excluding hydrogens is 266 g/mol. The molecule has 0 spiro atoms. The summed E-state index contributed by atoms with van der Waals surface area (Å²) in [5.41, 5.74) is 2.15. The maximum atomic E-state index is 12.5. The Balaban J connectivity index is 2.07. The minimum atomic E-state index is -0.566. The molecule has 0 aromatic heterocycles. The van der Waals surface area contributed by atoms with E-state index in [1.54, 1.807) is 0 Å². The van der Waals surface area contributed by atoms with Crippen LogP contribution in [0, 0.1) is 5.41 Å². The zero-order valence-corrected chi connectivity index (χ0v) is 13.1. The number of rotatable bonds is 4. The molecule has 0 fully saturated rings. The lowest BCUT2D eigenvalue weighted by Crippen LogP contribution is -2.43. The molecule has 1 aliphatic rings. The van der Waals surface area contributed by atoms with Gasteiger partial charge in [0.1, 0.15) is 0 Å². The van der Waals surface area contributed by atoms with Crippen LogP contribution in [-0.4, -0.2) is 30.3 Å². The van der Waals surface area contributed by atoms with Gasteiger partial charge in [0.2, 0.25) is 0 Å². The van der Waals surface area contributed by atoms with Crippen molar-refractivity contribution >= 4 is 5.91 Å². The van der Waals surface area contributed by atoms with Crippen molar-refractivity contribution in [2.24, 2.45) is 5.41 Å². The fraction of sp³-hybridized carbons (Fsp3) is 0.588. The zero-order chi connectivity index (χ0) is 15.5. The van der Waals surface area contributed by atoms with Gasteiger partial charge in [-0.15, -0.1) is 0 Å². The molecule has 1 aliphatic heterocycles. The Labute approximate surface area is 126 Å². The summed E-state index contributed by atoms with van der Waals surface area (Å²) in [6.07, 6.45) is 0.999. The van der Waals surface area contributed by atoms with Gasteiger partial charge in [-0.25, -0.2) is 0 Å². The predicted molar refractivity (Wildman–Crippen MR) is 81.9 cm³/mol. The van der Waals surface area contributed by atoms with Crippen LogP contribution >= 0.6 is 0 Å². The maximum absolute atomic E-state index is 12.5. The van der Waals surface area contributed by atoms with Crippen LogP contribution < -0.4 is 5.32 Å². The normalized spacial score (nSPS) is 19.7. The van der Waals surface area contributed by atoms with Crippen LogP contribution in [-0.2, 0) is 16.0 Å². The maximum Gasteiger partial charge on any atom is 0.254 e. The Morgan fingerprint density at radius 3 is 2.81 bits per heavy atom. The third-order valence-corrected chi connectivity index (χ3v) is 3.66. The summed E-state index contributed by atoms with van der Waals surface area (Å²) in [6.45, 7) is 6.77. The number of hydrogen-bond acceptors (Lipinski definition) is 3. The summed E-state index contributed by atoms with van der Waals surface area (Å²) in [5, 5.41) is 12.4.